The minimum atomic E-state index is -0.133. The molecule has 0 saturated heterocycles. The van der Waals surface area contributed by atoms with Crippen molar-refractivity contribution in [2.24, 2.45) is 5.73 Å². The van der Waals surface area contributed by atoms with Gasteiger partial charge in [0.25, 0.3) is 0 Å². The van der Waals surface area contributed by atoms with Gasteiger partial charge in [0.2, 0.25) is 0 Å². The lowest BCUT2D eigenvalue weighted by Gasteiger charge is -2.14. The predicted octanol–water partition coefficient (Wildman–Crippen LogP) is 0.744. The fourth-order valence-corrected chi connectivity index (χ4v) is 1.11. The molecule has 0 fully saturated rings. The van der Waals surface area contributed by atoms with Crippen molar-refractivity contribution >= 4 is 0 Å². The fraction of sp³-hybridized carbons (Fsp3) is 0.500. The summed E-state index contributed by atoms with van der Waals surface area (Å²) in [6.45, 7) is 1.54. The zero-order valence-electron chi connectivity index (χ0n) is 8.35. The molecule has 0 spiro atoms. The Morgan fingerprint density at radius 3 is 2.86 bits per heavy atom. The van der Waals surface area contributed by atoms with Gasteiger partial charge in [-0.15, -0.1) is 0 Å². The summed E-state index contributed by atoms with van der Waals surface area (Å²) in [5.41, 5.74) is 6.45. The van der Waals surface area contributed by atoms with E-state index in [1.54, 1.807) is 13.3 Å². The Kier molecular flexibility index (Phi) is 5.14. The number of aromatic nitrogens is 1. The maximum atomic E-state index is 5.58. The lowest BCUT2D eigenvalue weighted by atomic mass is 10.2. The Hall–Kier alpha value is -0.970. The highest BCUT2D eigenvalue weighted by atomic mass is 16.5. The van der Waals surface area contributed by atoms with Gasteiger partial charge in [-0.3, -0.25) is 4.98 Å². The quantitative estimate of drug-likeness (QED) is 0.682. The minimum Gasteiger partial charge on any atom is -0.382 e. The van der Waals surface area contributed by atoms with Gasteiger partial charge in [0, 0.05) is 19.9 Å². The summed E-state index contributed by atoms with van der Waals surface area (Å²) in [5.74, 6) is 0. The van der Waals surface area contributed by atoms with Crippen LogP contribution in [-0.4, -0.2) is 31.9 Å². The highest BCUT2D eigenvalue weighted by Gasteiger charge is 2.09. The van der Waals surface area contributed by atoms with E-state index in [2.05, 4.69) is 4.98 Å². The molecule has 2 N–H and O–H groups in total. The molecular weight excluding hydrogens is 180 g/mol. The van der Waals surface area contributed by atoms with Gasteiger partial charge in [0.05, 0.1) is 18.9 Å². The molecule has 1 atom stereocenters. The van der Waals surface area contributed by atoms with Crippen LogP contribution in [0.15, 0.2) is 24.4 Å². The van der Waals surface area contributed by atoms with Crippen LogP contribution in [0.4, 0.5) is 0 Å². The van der Waals surface area contributed by atoms with Gasteiger partial charge >= 0.3 is 0 Å². The molecule has 0 bridgehead atoms. The maximum absolute atomic E-state index is 5.58. The molecule has 0 aliphatic heterocycles. The number of pyridine rings is 1. The second kappa shape index (κ2) is 6.48. The molecule has 14 heavy (non-hydrogen) atoms. The van der Waals surface area contributed by atoms with Crippen molar-refractivity contribution in [3.8, 4) is 0 Å². The molecule has 1 aromatic rings. The van der Waals surface area contributed by atoms with Crippen molar-refractivity contribution in [2.75, 3.05) is 26.9 Å². The average molecular weight is 196 g/mol. The van der Waals surface area contributed by atoms with Crippen LogP contribution in [0.3, 0.4) is 0 Å². The van der Waals surface area contributed by atoms with Crippen molar-refractivity contribution in [1.82, 2.24) is 4.98 Å². The molecule has 4 nitrogen and oxygen atoms in total. The summed E-state index contributed by atoms with van der Waals surface area (Å²) < 4.78 is 10.4. The highest BCUT2D eigenvalue weighted by molar-refractivity contribution is 5.07. The van der Waals surface area contributed by atoms with E-state index in [0.717, 1.165) is 5.69 Å². The van der Waals surface area contributed by atoms with E-state index in [1.807, 2.05) is 18.2 Å². The van der Waals surface area contributed by atoms with E-state index in [4.69, 9.17) is 15.2 Å². The molecule has 1 aromatic heterocycles. The van der Waals surface area contributed by atoms with Crippen molar-refractivity contribution in [3.63, 3.8) is 0 Å². The Morgan fingerprint density at radius 2 is 2.29 bits per heavy atom. The van der Waals surface area contributed by atoms with E-state index < -0.39 is 0 Å². The zero-order valence-corrected chi connectivity index (χ0v) is 8.35. The molecule has 0 amide bonds. The molecule has 78 valence electrons. The van der Waals surface area contributed by atoms with E-state index in [9.17, 15) is 0 Å². The van der Waals surface area contributed by atoms with Gasteiger partial charge in [-0.2, -0.15) is 0 Å². The van der Waals surface area contributed by atoms with Crippen molar-refractivity contribution in [2.45, 2.75) is 6.10 Å². The molecule has 0 aliphatic rings. The number of nitrogens with two attached hydrogens (primary N) is 1. The molecule has 0 saturated carbocycles. The number of methoxy groups -OCH3 is 1. The summed E-state index contributed by atoms with van der Waals surface area (Å²) in [6.07, 6.45) is 1.60. The molecular formula is C10H16N2O2. The SMILES string of the molecule is COCCOC(CN)c1ccccn1. The van der Waals surface area contributed by atoms with Gasteiger partial charge in [0.15, 0.2) is 0 Å². The van der Waals surface area contributed by atoms with Crippen molar-refractivity contribution < 1.29 is 9.47 Å². The lowest BCUT2D eigenvalue weighted by molar-refractivity contribution is 0.0187. The van der Waals surface area contributed by atoms with E-state index in [-0.39, 0.29) is 6.10 Å². The molecule has 1 rings (SSSR count). The van der Waals surface area contributed by atoms with Gasteiger partial charge in [0.1, 0.15) is 6.10 Å². The monoisotopic (exact) mass is 196 g/mol. The third-order valence-corrected chi connectivity index (χ3v) is 1.84. The summed E-state index contributed by atoms with van der Waals surface area (Å²) >= 11 is 0. The van der Waals surface area contributed by atoms with Crippen LogP contribution in [-0.2, 0) is 9.47 Å². The Labute approximate surface area is 84.0 Å². The van der Waals surface area contributed by atoms with E-state index >= 15 is 0 Å². The second-order valence-electron chi connectivity index (χ2n) is 2.84. The van der Waals surface area contributed by atoms with Gasteiger partial charge in [-0.05, 0) is 12.1 Å². The first kappa shape index (κ1) is 11.1. The van der Waals surface area contributed by atoms with Crippen LogP contribution in [0.25, 0.3) is 0 Å². The summed E-state index contributed by atoms with van der Waals surface area (Å²) in [4.78, 5) is 4.18. The molecule has 0 aliphatic carbocycles. The van der Waals surface area contributed by atoms with Crippen LogP contribution in [0.2, 0.25) is 0 Å². The van der Waals surface area contributed by atoms with Crippen molar-refractivity contribution in [3.05, 3.63) is 30.1 Å². The van der Waals surface area contributed by atoms with Crippen LogP contribution in [0.1, 0.15) is 11.8 Å². The topological polar surface area (TPSA) is 57.4 Å². The molecule has 0 radical (unpaired) electrons. The number of nitrogens with zero attached hydrogens (tertiary/aromatic N) is 1. The van der Waals surface area contributed by atoms with Crippen LogP contribution >= 0.6 is 0 Å². The van der Waals surface area contributed by atoms with Crippen LogP contribution in [0, 0.1) is 0 Å². The maximum Gasteiger partial charge on any atom is 0.112 e. The molecule has 0 aromatic carbocycles. The normalized spacial score (nSPS) is 12.7. The fourth-order valence-electron chi connectivity index (χ4n) is 1.11. The van der Waals surface area contributed by atoms with Crippen LogP contribution < -0.4 is 5.73 Å². The third-order valence-electron chi connectivity index (χ3n) is 1.84. The number of ether oxygens (including phenoxy) is 2. The first-order valence-electron chi connectivity index (χ1n) is 4.60. The summed E-state index contributed by atoms with van der Waals surface area (Å²) in [7, 11) is 1.64. The summed E-state index contributed by atoms with van der Waals surface area (Å²) in [5, 5.41) is 0. The Balaban J connectivity index is 2.46. The Morgan fingerprint density at radius 1 is 1.43 bits per heavy atom. The lowest BCUT2D eigenvalue weighted by Crippen LogP contribution is -2.18. The zero-order chi connectivity index (χ0) is 10.2. The number of hydrogen-bond acceptors (Lipinski definition) is 4. The van der Waals surface area contributed by atoms with Gasteiger partial charge < -0.3 is 15.2 Å². The van der Waals surface area contributed by atoms with Crippen molar-refractivity contribution in [1.29, 1.82) is 0 Å². The predicted molar refractivity (Wildman–Crippen MR) is 53.9 cm³/mol. The summed E-state index contributed by atoms with van der Waals surface area (Å²) in [6, 6.07) is 5.70. The number of hydrogen-bond donors (Lipinski definition) is 1. The Bertz CT molecular complexity index is 241. The van der Waals surface area contributed by atoms with E-state index in [0.29, 0.717) is 19.8 Å². The number of rotatable bonds is 6. The second-order valence-corrected chi connectivity index (χ2v) is 2.84. The molecule has 4 heteroatoms. The minimum absolute atomic E-state index is 0.133. The first-order valence-corrected chi connectivity index (χ1v) is 4.60. The first-order chi connectivity index (χ1) is 6.88. The molecule has 1 heterocycles. The standard InChI is InChI=1S/C10H16N2O2/c1-13-6-7-14-10(8-11)9-4-2-3-5-12-9/h2-5,10H,6-8,11H2,1H3. The third kappa shape index (κ3) is 3.41. The van der Waals surface area contributed by atoms with Gasteiger partial charge in [-0.1, -0.05) is 6.07 Å². The highest BCUT2D eigenvalue weighted by Crippen LogP contribution is 2.12. The van der Waals surface area contributed by atoms with E-state index in [1.165, 1.54) is 0 Å². The average Bonchev–Trinajstić information content (AvgIpc) is 2.26. The smallest absolute Gasteiger partial charge is 0.112 e. The molecule has 1 unspecified atom stereocenters. The van der Waals surface area contributed by atoms with Crippen LogP contribution in [0.5, 0.6) is 0 Å². The largest absolute Gasteiger partial charge is 0.382 e. The van der Waals surface area contributed by atoms with Gasteiger partial charge in [-0.25, -0.2) is 0 Å².